The molecular weight excluding hydrogens is 532 g/mol. The molecule has 0 bridgehead atoms. The van der Waals surface area contributed by atoms with E-state index in [1.54, 1.807) is 48.5 Å². The second-order valence-electron chi connectivity index (χ2n) is 7.44. The van der Waals surface area contributed by atoms with Gasteiger partial charge >= 0.3 is 10.1 Å². The number of benzene rings is 3. The molecule has 0 aromatic heterocycles. The van der Waals surface area contributed by atoms with E-state index < -0.39 is 21.9 Å². The number of halogens is 1. The van der Waals surface area contributed by atoms with Crippen molar-refractivity contribution in [1.82, 2.24) is 10.6 Å². The summed E-state index contributed by atoms with van der Waals surface area (Å²) in [6, 6.07) is 19.1. The third kappa shape index (κ3) is 7.40. The minimum Gasteiger partial charge on any atom is -0.379 e. The van der Waals surface area contributed by atoms with Gasteiger partial charge in [0, 0.05) is 16.6 Å². The summed E-state index contributed by atoms with van der Waals surface area (Å²) in [4.78, 5) is 25.3. The lowest BCUT2D eigenvalue weighted by molar-refractivity contribution is -0.117. The number of aryl methyl sites for hydroxylation is 1. The van der Waals surface area contributed by atoms with E-state index in [4.69, 9.17) is 4.18 Å². The van der Waals surface area contributed by atoms with Gasteiger partial charge in [-0.1, -0.05) is 51.8 Å². The zero-order valence-corrected chi connectivity index (χ0v) is 21.2. The molecule has 3 aromatic carbocycles. The van der Waals surface area contributed by atoms with E-state index in [-0.39, 0.29) is 22.9 Å². The number of carbonyl (C=O) groups is 2. The molecule has 35 heavy (non-hydrogen) atoms. The van der Waals surface area contributed by atoms with Crippen molar-refractivity contribution >= 4 is 43.9 Å². The predicted octanol–water partition coefficient (Wildman–Crippen LogP) is 4.60. The summed E-state index contributed by atoms with van der Waals surface area (Å²) in [6.07, 6.45) is 3.00. The molecule has 9 heteroatoms. The fraction of sp³-hybridized carbons (Fsp3) is 0.0769. The lowest BCUT2D eigenvalue weighted by Gasteiger charge is -2.11. The number of hydrogen-bond donors (Lipinski definition) is 2. The van der Waals surface area contributed by atoms with Gasteiger partial charge in [0.25, 0.3) is 11.8 Å². The monoisotopic (exact) mass is 554 g/mol. The molecule has 0 atom stereocenters. The van der Waals surface area contributed by atoms with Crippen LogP contribution in [0.3, 0.4) is 0 Å². The summed E-state index contributed by atoms with van der Waals surface area (Å²) in [5.41, 5.74) is 1.87. The highest BCUT2D eigenvalue weighted by molar-refractivity contribution is 9.10. The number of nitrogens with one attached hydrogen (secondary N) is 2. The first-order chi connectivity index (χ1) is 16.7. The van der Waals surface area contributed by atoms with Crippen molar-refractivity contribution in [1.29, 1.82) is 0 Å². The van der Waals surface area contributed by atoms with E-state index in [2.05, 4.69) is 33.1 Å². The van der Waals surface area contributed by atoms with Gasteiger partial charge in [-0.3, -0.25) is 9.59 Å². The molecule has 0 aliphatic heterocycles. The van der Waals surface area contributed by atoms with Crippen LogP contribution in [0.25, 0.3) is 6.08 Å². The van der Waals surface area contributed by atoms with Gasteiger partial charge in [0.1, 0.15) is 16.3 Å². The zero-order valence-electron chi connectivity index (χ0n) is 18.8. The molecule has 0 fully saturated rings. The zero-order chi connectivity index (χ0) is 25.4. The summed E-state index contributed by atoms with van der Waals surface area (Å²) in [5, 5.41) is 5.25. The first-order valence-corrected chi connectivity index (χ1v) is 12.7. The maximum atomic E-state index is 12.6. The molecule has 0 aliphatic rings. The van der Waals surface area contributed by atoms with Crippen LogP contribution in [0, 0.1) is 6.92 Å². The van der Waals surface area contributed by atoms with E-state index in [0.717, 1.165) is 10.0 Å². The van der Waals surface area contributed by atoms with Gasteiger partial charge in [-0.2, -0.15) is 8.42 Å². The molecule has 0 saturated heterocycles. The van der Waals surface area contributed by atoms with Gasteiger partial charge in [0.15, 0.2) is 0 Å². The molecule has 3 rings (SSSR count). The predicted molar refractivity (Wildman–Crippen MR) is 138 cm³/mol. The molecule has 180 valence electrons. The highest BCUT2D eigenvalue weighted by atomic mass is 79.9. The van der Waals surface area contributed by atoms with Crippen LogP contribution in [0.4, 0.5) is 0 Å². The Morgan fingerprint density at radius 2 is 1.60 bits per heavy atom. The van der Waals surface area contributed by atoms with Crippen LogP contribution < -0.4 is 14.8 Å². The van der Waals surface area contributed by atoms with Crippen LogP contribution in [0.2, 0.25) is 0 Å². The van der Waals surface area contributed by atoms with Crippen molar-refractivity contribution in [2.24, 2.45) is 0 Å². The third-order valence-corrected chi connectivity index (χ3v) is 6.50. The largest absolute Gasteiger partial charge is 0.379 e. The van der Waals surface area contributed by atoms with Gasteiger partial charge in [0.05, 0.1) is 0 Å². The molecule has 7 nitrogen and oxygen atoms in total. The molecule has 2 amide bonds. The van der Waals surface area contributed by atoms with Crippen LogP contribution in [-0.2, 0) is 14.9 Å². The maximum Gasteiger partial charge on any atom is 0.339 e. The Labute approximate surface area is 212 Å². The van der Waals surface area contributed by atoms with Crippen molar-refractivity contribution in [3.8, 4) is 5.75 Å². The first kappa shape index (κ1) is 25.9. The number of carbonyl (C=O) groups excluding carboxylic acids is 2. The summed E-state index contributed by atoms with van der Waals surface area (Å²) < 4.78 is 31.0. The second kappa shape index (κ2) is 11.6. The summed E-state index contributed by atoms with van der Waals surface area (Å²) in [5.74, 6) is -0.849. The number of hydrogen-bond acceptors (Lipinski definition) is 5. The topological polar surface area (TPSA) is 102 Å². The van der Waals surface area contributed by atoms with Crippen LogP contribution in [0.5, 0.6) is 5.75 Å². The molecule has 3 aromatic rings. The van der Waals surface area contributed by atoms with Crippen molar-refractivity contribution in [2.75, 3.05) is 6.54 Å². The Balaban J connectivity index is 1.80. The highest BCUT2D eigenvalue weighted by Crippen LogP contribution is 2.20. The van der Waals surface area contributed by atoms with Crippen molar-refractivity contribution in [3.05, 3.63) is 112 Å². The lowest BCUT2D eigenvalue weighted by Crippen LogP contribution is -2.34. The minimum absolute atomic E-state index is 0.0146. The molecule has 0 spiro atoms. The number of rotatable bonds is 9. The Kier molecular flexibility index (Phi) is 8.62. The second-order valence-corrected chi connectivity index (χ2v) is 9.90. The normalized spacial score (nSPS) is 11.4. The third-order valence-electron chi connectivity index (χ3n) is 4.71. The highest BCUT2D eigenvalue weighted by Gasteiger charge is 2.17. The molecule has 0 unspecified atom stereocenters. The van der Waals surface area contributed by atoms with Crippen molar-refractivity contribution in [3.63, 3.8) is 0 Å². The molecule has 0 aliphatic carbocycles. The Morgan fingerprint density at radius 3 is 2.20 bits per heavy atom. The SMILES string of the molecule is C=CCNC(=O)/C(=C\c1ccc(OS(=O)(=O)c2ccc(C)cc2)cc1)NC(=O)c1ccc(Br)cc1. The Hall–Kier alpha value is -3.69. The lowest BCUT2D eigenvalue weighted by atomic mass is 10.1. The molecule has 0 saturated carbocycles. The van der Waals surface area contributed by atoms with Crippen molar-refractivity contribution < 1.29 is 22.2 Å². The van der Waals surface area contributed by atoms with Gasteiger partial charge in [-0.15, -0.1) is 6.58 Å². The van der Waals surface area contributed by atoms with Crippen LogP contribution >= 0.6 is 15.9 Å². The first-order valence-electron chi connectivity index (χ1n) is 10.5. The van der Waals surface area contributed by atoms with E-state index in [9.17, 15) is 18.0 Å². The molecule has 0 heterocycles. The number of amides is 2. The fourth-order valence-electron chi connectivity index (χ4n) is 2.88. The quantitative estimate of drug-likeness (QED) is 0.228. The van der Waals surface area contributed by atoms with Crippen LogP contribution in [0.1, 0.15) is 21.5 Å². The molecule has 0 radical (unpaired) electrons. The van der Waals surface area contributed by atoms with Gasteiger partial charge < -0.3 is 14.8 Å². The average molecular weight is 555 g/mol. The summed E-state index contributed by atoms with van der Waals surface area (Å²) >= 11 is 3.32. The molecule has 2 N–H and O–H groups in total. The maximum absolute atomic E-state index is 12.6. The minimum atomic E-state index is -3.99. The van der Waals surface area contributed by atoms with Gasteiger partial charge in [-0.05, 0) is 67.1 Å². The standard InChI is InChI=1S/C26H23BrN2O5S/c1-3-16-28-26(31)24(29-25(30)20-8-10-21(27)11-9-20)17-19-6-12-22(13-7-19)34-35(32,33)23-14-4-18(2)5-15-23/h3-15,17H,1,16H2,2H3,(H,28,31)(H,29,30)/b24-17+. The van der Waals surface area contributed by atoms with Gasteiger partial charge in [-0.25, -0.2) is 0 Å². The average Bonchev–Trinajstić information content (AvgIpc) is 2.83. The Morgan fingerprint density at radius 1 is 0.971 bits per heavy atom. The fourth-order valence-corrected chi connectivity index (χ4v) is 4.07. The summed E-state index contributed by atoms with van der Waals surface area (Å²) in [6.45, 7) is 5.64. The summed E-state index contributed by atoms with van der Waals surface area (Å²) in [7, 11) is -3.99. The molecular formula is C26H23BrN2O5S. The van der Waals surface area contributed by atoms with E-state index in [1.807, 2.05) is 6.92 Å². The van der Waals surface area contributed by atoms with E-state index >= 15 is 0 Å². The van der Waals surface area contributed by atoms with E-state index in [0.29, 0.717) is 11.1 Å². The Bertz CT molecular complexity index is 1350. The van der Waals surface area contributed by atoms with Crippen molar-refractivity contribution in [2.45, 2.75) is 11.8 Å². The van der Waals surface area contributed by atoms with Gasteiger partial charge in [0.2, 0.25) is 0 Å². The van der Waals surface area contributed by atoms with Crippen LogP contribution in [0.15, 0.2) is 101 Å². The van der Waals surface area contributed by atoms with Crippen LogP contribution in [-0.4, -0.2) is 26.8 Å². The smallest absolute Gasteiger partial charge is 0.339 e. The van der Waals surface area contributed by atoms with E-state index in [1.165, 1.54) is 36.4 Å².